The van der Waals surface area contributed by atoms with Crippen molar-refractivity contribution >= 4 is 34.0 Å². The molecule has 2 aliphatic rings. The van der Waals surface area contributed by atoms with Crippen LogP contribution in [0.2, 0.25) is 5.02 Å². The molecule has 5 rings (SSSR count). The zero-order chi connectivity index (χ0) is 23.9. The molecule has 0 bridgehead atoms. The molecule has 0 unspecified atom stereocenters. The Balaban J connectivity index is 1.51. The second-order valence-corrected chi connectivity index (χ2v) is 9.72. The van der Waals surface area contributed by atoms with Crippen molar-refractivity contribution in [3.05, 3.63) is 52.8 Å². The van der Waals surface area contributed by atoms with Crippen molar-refractivity contribution in [3.8, 4) is 5.75 Å². The van der Waals surface area contributed by atoms with Crippen LogP contribution in [-0.2, 0) is 5.67 Å². The molecule has 0 spiro atoms. The lowest BCUT2D eigenvalue weighted by Gasteiger charge is -2.34. The Morgan fingerprint density at radius 3 is 2.62 bits per heavy atom. The van der Waals surface area contributed by atoms with Gasteiger partial charge >= 0.3 is 0 Å². The van der Waals surface area contributed by atoms with Gasteiger partial charge in [-0.05, 0) is 55.4 Å². The van der Waals surface area contributed by atoms with Gasteiger partial charge in [-0.25, -0.2) is 14.4 Å². The smallest absolute Gasteiger partial charge is 0.170 e. The molecule has 3 aromatic rings. The zero-order valence-corrected chi connectivity index (χ0v) is 20.4. The van der Waals surface area contributed by atoms with Gasteiger partial charge in [0.2, 0.25) is 0 Å². The number of fused-ring (bicyclic) bond motifs is 1. The number of ether oxygens (including phenoxy) is 1. The number of halogens is 2. The highest BCUT2D eigenvalue weighted by atomic mass is 35.5. The van der Waals surface area contributed by atoms with Crippen LogP contribution >= 0.6 is 11.6 Å². The fourth-order valence-electron chi connectivity index (χ4n) is 4.84. The Kier molecular flexibility index (Phi) is 6.25. The number of hydrogen-bond acceptors (Lipinski definition) is 6. The number of nitrogens with zero attached hydrogens (tertiary/aromatic N) is 4. The summed E-state index contributed by atoms with van der Waals surface area (Å²) in [7, 11) is 3.62. The lowest BCUT2D eigenvalue weighted by atomic mass is 9.88. The van der Waals surface area contributed by atoms with Gasteiger partial charge in [-0.1, -0.05) is 29.8 Å². The van der Waals surface area contributed by atoms with Crippen molar-refractivity contribution in [1.82, 2.24) is 9.97 Å². The second kappa shape index (κ2) is 9.19. The fraction of sp³-hybridized carbons (Fsp3) is 0.462. The van der Waals surface area contributed by atoms with Crippen molar-refractivity contribution in [2.75, 3.05) is 50.2 Å². The Labute approximate surface area is 204 Å². The van der Waals surface area contributed by atoms with Crippen molar-refractivity contribution in [2.45, 2.75) is 37.3 Å². The molecule has 0 amide bonds. The lowest BCUT2D eigenvalue weighted by molar-refractivity contribution is 0.301. The number of rotatable bonds is 7. The van der Waals surface area contributed by atoms with Gasteiger partial charge in [0, 0.05) is 37.8 Å². The molecular weight excluding hydrogens is 455 g/mol. The molecule has 1 N–H and O–H groups in total. The standard InChI is InChI=1S/C26H30ClFN4O2/c1-31(13-14-33)18-15-20-23(21(27)16-18)29-25(26(28)9-10-26)30-24(20)32-11-7-17(8-12-32)19-5-3-4-6-22(19)34-2/h3-6,15-17,33H,7-14H2,1-2H3. The molecule has 6 nitrogen and oxygen atoms in total. The minimum Gasteiger partial charge on any atom is -0.496 e. The molecular formula is C26H30ClFN4O2. The average Bonchev–Trinajstić information content (AvgIpc) is 3.62. The van der Waals surface area contributed by atoms with Crippen molar-refractivity contribution in [2.24, 2.45) is 0 Å². The summed E-state index contributed by atoms with van der Waals surface area (Å²) in [6.07, 6.45) is 2.78. The van der Waals surface area contributed by atoms with E-state index in [4.69, 9.17) is 21.3 Å². The van der Waals surface area contributed by atoms with E-state index in [1.54, 1.807) is 7.11 Å². The van der Waals surface area contributed by atoms with E-state index in [2.05, 4.69) is 22.0 Å². The molecule has 0 radical (unpaired) electrons. The van der Waals surface area contributed by atoms with E-state index in [0.29, 0.717) is 35.8 Å². The molecule has 8 heteroatoms. The quantitative estimate of drug-likeness (QED) is 0.505. The largest absolute Gasteiger partial charge is 0.496 e. The normalized spacial score (nSPS) is 17.7. The molecule has 0 atom stereocenters. The number of aliphatic hydroxyl groups excluding tert-OH is 1. The van der Waals surface area contributed by atoms with E-state index >= 15 is 4.39 Å². The number of para-hydroxylation sites is 1. The first-order valence-electron chi connectivity index (χ1n) is 11.8. The highest BCUT2D eigenvalue weighted by Gasteiger charge is 2.48. The number of aromatic nitrogens is 2. The first-order valence-corrected chi connectivity index (χ1v) is 12.2. The summed E-state index contributed by atoms with van der Waals surface area (Å²) in [6.45, 7) is 2.10. The average molecular weight is 485 g/mol. The van der Waals surface area contributed by atoms with Gasteiger partial charge in [-0.15, -0.1) is 0 Å². The Morgan fingerprint density at radius 2 is 1.94 bits per heavy atom. The van der Waals surface area contributed by atoms with Crippen molar-refractivity contribution in [1.29, 1.82) is 0 Å². The molecule has 180 valence electrons. The monoisotopic (exact) mass is 484 g/mol. The molecule has 1 saturated heterocycles. The lowest BCUT2D eigenvalue weighted by Crippen LogP contribution is -2.34. The van der Waals surface area contributed by atoms with Crippen LogP contribution in [0.25, 0.3) is 10.9 Å². The van der Waals surface area contributed by atoms with Crippen LogP contribution in [0.15, 0.2) is 36.4 Å². The minimum atomic E-state index is -1.45. The number of aliphatic hydroxyl groups is 1. The Bertz CT molecular complexity index is 1190. The van der Waals surface area contributed by atoms with Gasteiger partial charge in [0.05, 0.1) is 24.3 Å². The van der Waals surface area contributed by atoms with Crippen molar-refractivity contribution in [3.63, 3.8) is 0 Å². The maximum Gasteiger partial charge on any atom is 0.170 e. The summed E-state index contributed by atoms with van der Waals surface area (Å²) in [6, 6.07) is 12.0. The van der Waals surface area contributed by atoms with Gasteiger partial charge in [0.25, 0.3) is 0 Å². The summed E-state index contributed by atoms with van der Waals surface area (Å²) in [5, 5.41) is 10.7. The van der Waals surface area contributed by atoms with Crippen LogP contribution < -0.4 is 14.5 Å². The third-order valence-corrected chi connectivity index (χ3v) is 7.35. The highest BCUT2D eigenvalue weighted by Crippen LogP contribution is 2.49. The van der Waals surface area contributed by atoms with Crippen LogP contribution in [0.5, 0.6) is 5.75 Å². The first-order chi connectivity index (χ1) is 16.4. The number of piperidine rings is 1. The molecule has 1 aromatic heterocycles. The number of hydrogen-bond donors (Lipinski definition) is 1. The van der Waals surface area contributed by atoms with E-state index in [0.717, 1.165) is 48.6 Å². The van der Waals surface area contributed by atoms with Gasteiger partial charge < -0.3 is 19.6 Å². The van der Waals surface area contributed by atoms with Crippen LogP contribution in [0.1, 0.15) is 43.0 Å². The highest BCUT2D eigenvalue weighted by molar-refractivity contribution is 6.35. The van der Waals surface area contributed by atoms with E-state index < -0.39 is 5.67 Å². The third-order valence-electron chi connectivity index (χ3n) is 7.06. The third kappa shape index (κ3) is 4.27. The van der Waals surface area contributed by atoms with Crippen LogP contribution in [0, 0.1) is 0 Å². The Hall–Kier alpha value is -2.64. The predicted octanol–water partition coefficient (Wildman–Crippen LogP) is 5.06. The Morgan fingerprint density at radius 1 is 1.21 bits per heavy atom. The maximum atomic E-state index is 15.1. The van der Waals surface area contributed by atoms with Gasteiger partial charge in [-0.3, -0.25) is 0 Å². The topological polar surface area (TPSA) is 61.7 Å². The number of benzene rings is 2. The SMILES string of the molecule is COc1ccccc1C1CCN(c2nc(C3(F)CC3)nc3c(Cl)cc(N(C)CCO)cc23)CC1. The molecule has 2 fully saturated rings. The summed E-state index contributed by atoms with van der Waals surface area (Å²) < 4.78 is 20.7. The van der Waals surface area contributed by atoms with E-state index in [-0.39, 0.29) is 12.4 Å². The van der Waals surface area contributed by atoms with E-state index in [9.17, 15) is 5.11 Å². The van der Waals surface area contributed by atoms with Gasteiger partial charge in [-0.2, -0.15) is 0 Å². The van der Waals surface area contributed by atoms with Crippen molar-refractivity contribution < 1.29 is 14.2 Å². The van der Waals surface area contributed by atoms with Crippen LogP contribution in [0.3, 0.4) is 0 Å². The van der Waals surface area contributed by atoms with Crippen LogP contribution in [-0.4, -0.2) is 55.5 Å². The number of likely N-dealkylation sites (N-methyl/N-ethyl adjacent to an activating group) is 1. The number of anilines is 2. The minimum absolute atomic E-state index is 0.0370. The summed E-state index contributed by atoms with van der Waals surface area (Å²) >= 11 is 6.66. The predicted molar refractivity (Wildman–Crippen MR) is 134 cm³/mol. The number of methoxy groups -OCH3 is 1. The first kappa shape index (κ1) is 23.1. The zero-order valence-electron chi connectivity index (χ0n) is 19.6. The summed E-state index contributed by atoms with van der Waals surface area (Å²) in [4.78, 5) is 13.5. The molecule has 2 heterocycles. The molecule has 1 saturated carbocycles. The molecule has 34 heavy (non-hydrogen) atoms. The summed E-state index contributed by atoms with van der Waals surface area (Å²) in [5.74, 6) is 2.29. The van der Waals surface area contributed by atoms with E-state index in [1.165, 1.54) is 5.56 Å². The van der Waals surface area contributed by atoms with Gasteiger partial charge in [0.1, 0.15) is 11.6 Å². The van der Waals surface area contributed by atoms with Crippen LogP contribution in [0.4, 0.5) is 15.9 Å². The fourth-order valence-corrected chi connectivity index (χ4v) is 5.10. The molecule has 1 aliphatic heterocycles. The van der Waals surface area contributed by atoms with Gasteiger partial charge in [0.15, 0.2) is 11.5 Å². The summed E-state index contributed by atoms with van der Waals surface area (Å²) in [5.41, 5.74) is 1.23. The molecule has 1 aliphatic carbocycles. The number of alkyl halides is 1. The maximum absolute atomic E-state index is 15.1. The van der Waals surface area contributed by atoms with E-state index in [1.807, 2.05) is 36.2 Å². The molecule has 2 aromatic carbocycles. The second-order valence-electron chi connectivity index (χ2n) is 9.31.